The highest BCUT2D eigenvalue weighted by Crippen LogP contribution is 2.12. The van der Waals surface area contributed by atoms with Crippen molar-refractivity contribution in [1.82, 2.24) is 4.72 Å². The van der Waals surface area contributed by atoms with Gasteiger partial charge >= 0.3 is 0 Å². The lowest BCUT2D eigenvalue weighted by atomic mass is 10.4. The Kier molecular flexibility index (Phi) is 18.1. The van der Waals surface area contributed by atoms with Gasteiger partial charge in [0.1, 0.15) is 0 Å². The van der Waals surface area contributed by atoms with Gasteiger partial charge in [0.25, 0.3) is 9.05 Å². The monoisotopic (exact) mass is 642 g/mol. The number of sulfonamides is 1. The van der Waals surface area contributed by atoms with E-state index in [9.17, 15) is 16.8 Å². The van der Waals surface area contributed by atoms with Crippen LogP contribution in [0, 0.1) is 0 Å². The van der Waals surface area contributed by atoms with Crippen molar-refractivity contribution in [2.75, 3.05) is 23.7 Å². The number of hydrogen-bond donors (Lipinski definition) is 2. The highest BCUT2D eigenvalue weighted by atomic mass is 79.9. The van der Waals surface area contributed by atoms with Gasteiger partial charge in [-0.3, -0.25) is 0 Å². The van der Waals surface area contributed by atoms with Crippen LogP contribution >= 0.6 is 59.5 Å². The lowest BCUT2D eigenvalue weighted by Gasteiger charge is -2.03. The van der Waals surface area contributed by atoms with Gasteiger partial charge in [-0.25, -0.2) is 21.6 Å². The first-order valence-corrected chi connectivity index (χ1v) is 13.6. The highest BCUT2D eigenvalue weighted by Gasteiger charge is 2.11. The molecule has 2 aromatic rings. The topological polar surface area (TPSA) is 106 Å². The van der Waals surface area contributed by atoms with Crippen molar-refractivity contribution in [1.29, 1.82) is 0 Å². The van der Waals surface area contributed by atoms with Crippen molar-refractivity contribution in [3.63, 3.8) is 0 Å². The van der Waals surface area contributed by atoms with Crippen molar-refractivity contribution in [2.45, 2.75) is 9.79 Å². The molecule has 2 rings (SSSR count). The average Bonchev–Trinajstić information content (AvgIpc) is 2.68. The Morgan fingerprint density at radius 1 is 0.821 bits per heavy atom. The Bertz CT molecular complexity index is 839. The zero-order valence-electron chi connectivity index (χ0n) is 14.7. The Balaban J connectivity index is 0. The van der Waals surface area contributed by atoms with Crippen LogP contribution in [0.15, 0.2) is 70.5 Å². The minimum atomic E-state index is -3.53. The lowest BCUT2D eigenvalue weighted by Crippen LogP contribution is -2.25. The van der Waals surface area contributed by atoms with Gasteiger partial charge in [0.05, 0.1) is 9.79 Å². The van der Waals surface area contributed by atoms with E-state index < -0.39 is 19.1 Å². The van der Waals surface area contributed by atoms with Crippen LogP contribution in [0.2, 0.25) is 0 Å². The smallest absolute Gasteiger partial charge is 0.261 e. The summed E-state index contributed by atoms with van der Waals surface area (Å²) in [6, 6.07) is 16.2. The van der Waals surface area contributed by atoms with Gasteiger partial charge in [0.2, 0.25) is 10.0 Å². The van der Waals surface area contributed by atoms with E-state index in [0.29, 0.717) is 16.8 Å². The number of alkyl halides is 2. The van der Waals surface area contributed by atoms with E-state index in [2.05, 4.69) is 36.6 Å². The normalized spacial score (nSPS) is 10.4. The third-order valence-electron chi connectivity index (χ3n) is 2.57. The van der Waals surface area contributed by atoms with E-state index in [1.165, 1.54) is 12.1 Å². The molecular weight excluding hydrogens is 623 g/mol. The van der Waals surface area contributed by atoms with Gasteiger partial charge < -0.3 is 5.73 Å². The van der Waals surface area contributed by atoms with Crippen molar-refractivity contribution in [2.24, 2.45) is 5.73 Å². The molecule has 6 nitrogen and oxygen atoms in total. The molecule has 0 unspecified atom stereocenters. The fourth-order valence-corrected chi connectivity index (χ4v) is 3.74. The van der Waals surface area contributed by atoms with E-state index in [-0.39, 0.29) is 21.9 Å². The summed E-state index contributed by atoms with van der Waals surface area (Å²) in [7, 11) is -1.80. The maximum absolute atomic E-state index is 11.5. The molecule has 0 aromatic heterocycles. The molecule has 0 fully saturated rings. The largest absolute Gasteiger partial charge is 0.330 e. The molecule has 0 saturated heterocycles. The summed E-state index contributed by atoms with van der Waals surface area (Å²) in [5.74, 6) is 0. The Labute approximate surface area is 198 Å². The van der Waals surface area contributed by atoms with Gasteiger partial charge in [-0.2, -0.15) is 0 Å². The number of halogens is 4. The fourth-order valence-electron chi connectivity index (χ4n) is 1.44. The summed E-state index contributed by atoms with van der Waals surface area (Å²) in [6.07, 6.45) is 0. The van der Waals surface area contributed by atoms with Crippen LogP contribution in [0.3, 0.4) is 0 Å². The SMILES string of the molecule is Br.NCCBr.O=S(=O)(Cl)c1ccccc1.O=S(=O)(NCCBr)c1ccccc1. The average molecular weight is 646 g/mol. The summed E-state index contributed by atoms with van der Waals surface area (Å²) in [5, 5.41) is 1.52. The first-order chi connectivity index (χ1) is 12.7. The van der Waals surface area contributed by atoms with E-state index in [1.54, 1.807) is 48.5 Å². The van der Waals surface area contributed by atoms with Gasteiger partial charge in [-0.1, -0.05) is 68.3 Å². The molecule has 0 saturated carbocycles. The Morgan fingerprint density at radius 2 is 1.21 bits per heavy atom. The molecule has 0 bridgehead atoms. The van der Waals surface area contributed by atoms with E-state index in [0.717, 1.165) is 11.9 Å². The molecule has 0 spiro atoms. The van der Waals surface area contributed by atoms with Crippen LogP contribution < -0.4 is 10.5 Å². The molecule has 0 atom stereocenters. The van der Waals surface area contributed by atoms with Crippen molar-refractivity contribution >= 4 is 78.6 Å². The van der Waals surface area contributed by atoms with Crippen LogP contribution in [0.25, 0.3) is 0 Å². The zero-order valence-corrected chi connectivity index (χ0v) is 21.9. The van der Waals surface area contributed by atoms with Crippen LogP contribution in [-0.4, -0.2) is 40.6 Å². The third kappa shape index (κ3) is 14.0. The molecule has 0 heterocycles. The molecule has 28 heavy (non-hydrogen) atoms. The second-order valence-corrected chi connectivity index (χ2v) is 10.5. The maximum Gasteiger partial charge on any atom is 0.261 e. The molecule has 0 aliphatic rings. The number of nitrogens with one attached hydrogen (secondary N) is 1. The summed E-state index contributed by atoms with van der Waals surface area (Å²) < 4.78 is 46.6. The van der Waals surface area contributed by atoms with Crippen LogP contribution in [-0.2, 0) is 19.1 Å². The Hall–Kier alpha value is -0.0100. The molecule has 160 valence electrons. The first-order valence-electron chi connectivity index (χ1n) is 7.55. The molecular formula is C16H22Br3ClN2O4S2. The second-order valence-electron chi connectivity index (χ2n) is 4.63. The molecule has 0 radical (unpaired) electrons. The number of nitrogens with two attached hydrogens (primary N) is 1. The number of hydrogen-bond acceptors (Lipinski definition) is 5. The summed E-state index contributed by atoms with van der Waals surface area (Å²) in [6.45, 7) is 1.14. The second kappa shape index (κ2) is 16.8. The third-order valence-corrected chi connectivity index (χ3v) is 6.27. The standard InChI is InChI=1S/C8H10BrNO2S.C6H5ClO2S.C2H6BrN.BrH/c9-6-7-10-13(11,12)8-4-2-1-3-5-8;7-10(8,9)6-4-2-1-3-5-6;3-1-2-4;/h1-5,10H,6-7H2;1-5H;1-2,4H2;1H. The minimum absolute atomic E-state index is 0. The molecule has 12 heteroatoms. The Morgan fingerprint density at radius 3 is 1.50 bits per heavy atom. The van der Waals surface area contributed by atoms with Crippen LogP contribution in [0.5, 0.6) is 0 Å². The fraction of sp³-hybridized carbons (Fsp3) is 0.250. The van der Waals surface area contributed by atoms with Gasteiger partial charge in [-0.05, 0) is 24.3 Å². The zero-order chi connectivity index (χ0) is 20.8. The highest BCUT2D eigenvalue weighted by molar-refractivity contribution is 9.09. The molecule has 0 aliphatic carbocycles. The summed E-state index contributed by atoms with van der Waals surface area (Å²) in [5.41, 5.74) is 4.98. The molecule has 3 N–H and O–H groups in total. The number of rotatable bonds is 6. The molecule has 0 aliphatic heterocycles. The van der Waals surface area contributed by atoms with Gasteiger partial charge in [0.15, 0.2) is 0 Å². The summed E-state index contributed by atoms with van der Waals surface area (Å²) in [4.78, 5) is 0.438. The van der Waals surface area contributed by atoms with Gasteiger partial charge in [-0.15, -0.1) is 17.0 Å². The van der Waals surface area contributed by atoms with Crippen molar-refractivity contribution in [3.8, 4) is 0 Å². The van der Waals surface area contributed by atoms with Crippen molar-refractivity contribution < 1.29 is 16.8 Å². The van der Waals surface area contributed by atoms with E-state index in [4.69, 9.17) is 16.4 Å². The van der Waals surface area contributed by atoms with Gasteiger partial charge in [0, 0.05) is 34.4 Å². The minimum Gasteiger partial charge on any atom is -0.330 e. The number of benzene rings is 2. The molecule has 0 amide bonds. The van der Waals surface area contributed by atoms with Crippen molar-refractivity contribution in [3.05, 3.63) is 60.7 Å². The van der Waals surface area contributed by atoms with Crippen LogP contribution in [0.4, 0.5) is 0 Å². The first kappa shape index (κ1) is 30.2. The molecule has 2 aromatic carbocycles. The van der Waals surface area contributed by atoms with E-state index >= 15 is 0 Å². The predicted molar refractivity (Wildman–Crippen MR) is 128 cm³/mol. The van der Waals surface area contributed by atoms with E-state index in [1.807, 2.05) is 0 Å². The quantitative estimate of drug-likeness (QED) is 0.367. The maximum atomic E-state index is 11.5. The summed E-state index contributed by atoms with van der Waals surface area (Å²) >= 11 is 6.27. The lowest BCUT2D eigenvalue weighted by molar-refractivity contribution is 0.584. The predicted octanol–water partition coefficient (Wildman–Crippen LogP) is 3.89. The van der Waals surface area contributed by atoms with Crippen LogP contribution in [0.1, 0.15) is 0 Å².